The van der Waals surface area contributed by atoms with Gasteiger partial charge in [-0.25, -0.2) is 5.43 Å². The van der Waals surface area contributed by atoms with Crippen molar-refractivity contribution in [3.63, 3.8) is 0 Å². The maximum absolute atomic E-state index is 12.0. The van der Waals surface area contributed by atoms with Gasteiger partial charge in [0, 0.05) is 22.7 Å². The molecule has 0 atom stereocenters. The number of amides is 1. The number of nitrogens with zero attached hydrogens (tertiary/aromatic N) is 2. The fourth-order valence-electron chi connectivity index (χ4n) is 2.14. The molecule has 2 rings (SSSR count). The number of hydrogen-bond acceptors (Lipinski definition) is 4. The van der Waals surface area contributed by atoms with Gasteiger partial charge < -0.3 is 0 Å². The second-order valence-corrected chi connectivity index (χ2v) is 6.02. The van der Waals surface area contributed by atoms with E-state index in [0.29, 0.717) is 33.3 Å². The predicted molar refractivity (Wildman–Crippen MR) is 98.2 cm³/mol. The van der Waals surface area contributed by atoms with E-state index in [0.717, 1.165) is 0 Å². The van der Waals surface area contributed by atoms with Crippen molar-refractivity contribution in [2.24, 2.45) is 5.10 Å². The van der Waals surface area contributed by atoms with Gasteiger partial charge in [0.15, 0.2) is 0 Å². The summed E-state index contributed by atoms with van der Waals surface area (Å²) in [7, 11) is 0. The van der Waals surface area contributed by atoms with Gasteiger partial charge in [0.25, 0.3) is 5.69 Å². The summed E-state index contributed by atoms with van der Waals surface area (Å²) in [5, 5.41) is 15.7. The number of nitro benzene ring substituents is 1. The summed E-state index contributed by atoms with van der Waals surface area (Å²) < 4.78 is 0. The molecule has 2 aromatic carbocycles. The lowest BCUT2D eigenvalue weighted by Gasteiger charge is -2.08. The Bertz CT molecular complexity index is 820. The highest BCUT2D eigenvalue weighted by Gasteiger charge is 2.10. The van der Waals surface area contributed by atoms with Gasteiger partial charge >= 0.3 is 0 Å². The van der Waals surface area contributed by atoms with E-state index in [1.54, 1.807) is 18.2 Å². The van der Waals surface area contributed by atoms with Crippen LogP contribution in [-0.4, -0.2) is 16.5 Å². The molecule has 130 valence electrons. The monoisotopic (exact) mass is 379 g/mol. The van der Waals surface area contributed by atoms with E-state index >= 15 is 0 Å². The van der Waals surface area contributed by atoms with E-state index in [4.69, 9.17) is 23.2 Å². The van der Waals surface area contributed by atoms with Crippen LogP contribution in [0.1, 0.15) is 24.5 Å². The van der Waals surface area contributed by atoms with Gasteiger partial charge in [0.2, 0.25) is 5.91 Å². The molecule has 0 aliphatic rings. The Balaban J connectivity index is 2.05. The van der Waals surface area contributed by atoms with Crippen molar-refractivity contribution >= 4 is 40.5 Å². The SMILES string of the molecule is CCC(=NNC(=O)Cc1ccc([N+](=O)[O-])cc1)c1ccc(Cl)cc1Cl. The third-order valence-electron chi connectivity index (χ3n) is 3.40. The Morgan fingerprint density at radius 2 is 1.88 bits per heavy atom. The molecular formula is C17H15Cl2N3O3. The van der Waals surface area contributed by atoms with E-state index in [1.807, 2.05) is 6.92 Å². The minimum absolute atomic E-state index is 0.0205. The van der Waals surface area contributed by atoms with Crippen molar-refractivity contribution in [3.05, 3.63) is 73.8 Å². The molecule has 1 amide bonds. The molecule has 25 heavy (non-hydrogen) atoms. The Morgan fingerprint density at radius 1 is 1.20 bits per heavy atom. The number of benzene rings is 2. The number of nitrogens with one attached hydrogen (secondary N) is 1. The van der Waals surface area contributed by atoms with Crippen LogP contribution in [0.5, 0.6) is 0 Å². The van der Waals surface area contributed by atoms with Gasteiger partial charge in [0.1, 0.15) is 0 Å². The largest absolute Gasteiger partial charge is 0.273 e. The van der Waals surface area contributed by atoms with Gasteiger partial charge in [-0.3, -0.25) is 14.9 Å². The second kappa shape index (κ2) is 8.60. The zero-order chi connectivity index (χ0) is 18.4. The second-order valence-electron chi connectivity index (χ2n) is 5.17. The molecule has 0 heterocycles. The number of nitro groups is 1. The van der Waals surface area contributed by atoms with Crippen LogP contribution < -0.4 is 5.43 Å². The van der Waals surface area contributed by atoms with E-state index in [-0.39, 0.29) is 18.0 Å². The Kier molecular flexibility index (Phi) is 6.50. The van der Waals surface area contributed by atoms with Crippen molar-refractivity contribution in [1.29, 1.82) is 0 Å². The van der Waals surface area contributed by atoms with E-state index in [9.17, 15) is 14.9 Å². The zero-order valence-corrected chi connectivity index (χ0v) is 14.8. The van der Waals surface area contributed by atoms with Gasteiger partial charge in [-0.05, 0) is 24.1 Å². The summed E-state index contributed by atoms with van der Waals surface area (Å²) in [6.45, 7) is 1.90. The zero-order valence-electron chi connectivity index (χ0n) is 13.3. The predicted octanol–water partition coefficient (Wildman–Crippen LogP) is 4.37. The van der Waals surface area contributed by atoms with Crippen LogP contribution in [0.3, 0.4) is 0 Å². The number of carbonyl (C=O) groups excluding carboxylic acids is 1. The molecule has 8 heteroatoms. The lowest BCUT2D eigenvalue weighted by molar-refractivity contribution is -0.384. The third kappa shape index (κ3) is 5.27. The number of halogens is 2. The average molecular weight is 380 g/mol. The fourth-order valence-corrected chi connectivity index (χ4v) is 2.66. The molecule has 0 aromatic heterocycles. The third-order valence-corrected chi connectivity index (χ3v) is 3.95. The molecule has 0 radical (unpaired) electrons. The van der Waals surface area contributed by atoms with Crippen molar-refractivity contribution < 1.29 is 9.72 Å². The van der Waals surface area contributed by atoms with Gasteiger partial charge in [-0.1, -0.05) is 48.3 Å². The molecule has 0 fully saturated rings. The minimum atomic E-state index is -0.489. The molecule has 0 saturated carbocycles. The first kappa shape index (κ1) is 18.9. The Morgan fingerprint density at radius 3 is 2.44 bits per heavy atom. The van der Waals surface area contributed by atoms with Crippen molar-refractivity contribution in [2.45, 2.75) is 19.8 Å². The van der Waals surface area contributed by atoms with E-state index in [1.165, 1.54) is 24.3 Å². The van der Waals surface area contributed by atoms with Crippen molar-refractivity contribution in [2.75, 3.05) is 0 Å². The maximum Gasteiger partial charge on any atom is 0.269 e. The summed E-state index contributed by atoms with van der Waals surface area (Å²) in [6.07, 6.45) is 0.631. The van der Waals surface area contributed by atoms with Crippen molar-refractivity contribution in [3.8, 4) is 0 Å². The molecule has 6 nitrogen and oxygen atoms in total. The van der Waals surface area contributed by atoms with Gasteiger partial charge in [-0.15, -0.1) is 0 Å². The Labute approximate surface area is 154 Å². The van der Waals surface area contributed by atoms with Gasteiger partial charge in [-0.2, -0.15) is 5.10 Å². The number of carbonyl (C=O) groups is 1. The van der Waals surface area contributed by atoms with Crippen LogP contribution in [0.25, 0.3) is 0 Å². The van der Waals surface area contributed by atoms with Crippen LogP contribution in [-0.2, 0) is 11.2 Å². The van der Waals surface area contributed by atoms with Gasteiger partial charge in [0.05, 0.1) is 22.1 Å². The molecule has 2 aromatic rings. The lowest BCUT2D eigenvalue weighted by Crippen LogP contribution is -2.22. The first-order valence-corrected chi connectivity index (χ1v) is 8.20. The summed E-state index contributed by atoms with van der Waals surface area (Å²) in [5.74, 6) is -0.329. The molecule has 0 aliphatic heterocycles. The van der Waals surface area contributed by atoms with Crippen molar-refractivity contribution in [1.82, 2.24) is 5.43 Å². The number of hydrogen-bond donors (Lipinski definition) is 1. The highest BCUT2D eigenvalue weighted by Crippen LogP contribution is 2.22. The maximum atomic E-state index is 12.0. The fraction of sp³-hybridized carbons (Fsp3) is 0.176. The highest BCUT2D eigenvalue weighted by molar-refractivity contribution is 6.37. The number of non-ortho nitro benzene ring substituents is 1. The van der Waals surface area contributed by atoms with Crippen LogP contribution in [0.4, 0.5) is 5.69 Å². The molecule has 0 saturated heterocycles. The summed E-state index contributed by atoms with van der Waals surface area (Å²) in [4.78, 5) is 22.1. The lowest BCUT2D eigenvalue weighted by atomic mass is 10.1. The quantitative estimate of drug-likeness (QED) is 0.459. The van der Waals surface area contributed by atoms with E-state index < -0.39 is 4.92 Å². The smallest absolute Gasteiger partial charge is 0.269 e. The Hall–Kier alpha value is -2.44. The molecule has 0 aliphatic carbocycles. The highest BCUT2D eigenvalue weighted by atomic mass is 35.5. The summed E-state index contributed by atoms with van der Waals surface area (Å²) >= 11 is 12.0. The summed E-state index contributed by atoms with van der Waals surface area (Å²) in [6, 6.07) is 10.9. The molecule has 0 bridgehead atoms. The number of hydrazone groups is 1. The van der Waals surface area contributed by atoms with Crippen LogP contribution in [0, 0.1) is 10.1 Å². The minimum Gasteiger partial charge on any atom is -0.273 e. The summed E-state index contributed by atoms with van der Waals surface area (Å²) in [5.41, 5.74) is 4.44. The van der Waals surface area contributed by atoms with Crippen LogP contribution in [0.2, 0.25) is 10.0 Å². The number of rotatable bonds is 6. The standard InChI is InChI=1S/C17H15Cl2N3O3/c1-2-16(14-8-5-12(18)10-15(14)19)20-21-17(23)9-11-3-6-13(7-4-11)22(24)25/h3-8,10H,2,9H2,1H3,(H,21,23). The molecule has 1 N–H and O–H groups in total. The van der Waals surface area contributed by atoms with Crippen LogP contribution in [0.15, 0.2) is 47.6 Å². The average Bonchev–Trinajstić information content (AvgIpc) is 2.57. The normalized spacial score (nSPS) is 11.2. The topological polar surface area (TPSA) is 84.6 Å². The van der Waals surface area contributed by atoms with E-state index in [2.05, 4.69) is 10.5 Å². The molecule has 0 unspecified atom stereocenters. The van der Waals surface area contributed by atoms with Crippen LogP contribution >= 0.6 is 23.2 Å². The molecular weight excluding hydrogens is 365 g/mol. The first-order chi connectivity index (χ1) is 11.9. The molecule has 0 spiro atoms. The first-order valence-electron chi connectivity index (χ1n) is 7.45.